The number of benzene rings is 1. The second kappa shape index (κ2) is 10.9. The van der Waals surface area contributed by atoms with E-state index in [1.165, 1.54) is 5.69 Å². The number of piperazine rings is 1. The van der Waals surface area contributed by atoms with Gasteiger partial charge in [0.25, 0.3) is 0 Å². The van der Waals surface area contributed by atoms with Crippen LogP contribution in [0.5, 0.6) is 5.75 Å². The van der Waals surface area contributed by atoms with Crippen molar-refractivity contribution in [3.05, 3.63) is 24.3 Å². The molecule has 0 aromatic heterocycles. The van der Waals surface area contributed by atoms with Crippen molar-refractivity contribution >= 4 is 47.4 Å². The van der Waals surface area contributed by atoms with Crippen LogP contribution in [0.1, 0.15) is 6.92 Å². The number of ether oxygens (including phenoxy) is 1. The van der Waals surface area contributed by atoms with Crippen molar-refractivity contribution < 1.29 is 4.74 Å². The van der Waals surface area contributed by atoms with Crippen LogP contribution in [0.4, 0.5) is 5.69 Å². The van der Waals surface area contributed by atoms with Gasteiger partial charge in [-0.2, -0.15) is 11.8 Å². The van der Waals surface area contributed by atoms with Crippen LogP contribution in [-0.2, 0) is 0 Å². The summed E-state index contributed by atoms with van der Waals surface area (Å²) >= 11 is 1.87. The highest BCUT2D eigenvalue weighted by molar-refractivity contribution is 14.0. The fraction of sp³-hybridized carbons (Fsp3) is 0.588. The fourth-order valence-electron chi connectivity index (χ4n) is 2.62. The van der Waals surface area contributed by atoms with Crippen molar-refractivity contribution in [3.63, 3.8) is 0 Å². The molecule has 136 valence electrons. The summed E-state index contributed by atoms with van der Waals surface area (Å²) in [5, 5.41) is 4.07. The topological polar surface area (TPSA) is 40.1 Å². The molecule has 1 N–H and O–H groups in total. The summed E-state index contributed by atoms with van der Waals surface area (Å²) in [6, 6.07) is 8.29. The first kappa shape index (κ1) is 21.2. The smallest absolute Gasteiger partial charge is 0.193 e. The first-order valence-corrected chi connectivity index (χ1v) is 9.34. The lowest BCUT2D eigenvalue weighted by Crippen LogP contribution is -2.53. The zero-order chi connectivity index (χ0) is 16.7. The summed E-state index contributed by atoms with van der Waals surface area (Å²) in [4.78, 5) is 9.18. The third-order valence-corrected chi connectivity index (χ3v) is 5.15. The number of methoxy groups -OCH3 is 1. The van der Waals surface area contributed by atoms with E-state index in [-0.39, 0.29) is 24.0 Å². The van der Waals surface area contributed by atoms with Crippen molar-refractivity contribution in [2.24, 2.45) is 4.99 Å². The largest absolute Gasteiger partial charge is 0.497 e. The number of hydrogen-bond donors (Lipinski definition) is 1. The minimum absolute atomic E-state index is 0. The Bertz CT molecular complexity index is 504. The number of anilines is 1. The predicted octanol–water partition coefficient (Wildman–Crippen LogP) is 2.76. The monoisotopic (exact) mass is 464 g/mol. The van der Waals surface area contributed by atoms with Crippen LogP contribution in [0, 0.1) is 0 Å². The van der Waals surface area contributed by atoms with Crippen LogP contribution in [0.15, 0.2) is 29.3 Å². The highest BCUT2D eigenvalue weighted by Crippen LogP contribution is 2.20. The maximum absolute atomic E-state index is 5.22. The average molecular weight is 464 g/mol. The number of nitrogens with one attached hydrogen (secondary N) is 1. The molecular formula is C17H29IN4OS. The van der Waals surface area contributed by atoms with E-state index in [0.717, 1.165) is 44.4 Å². The van der Waals surface area contributed by atoms with Crippen LogP contribution >= 0.6 is 35.7 Å². The molecule has 1 heterocycles. The molecule has 0 amide bonds. The number of rotatable bonds is 5. The summed E-state index contributed by atoms with van der Waals surface area (Å²) in [6.45, 7) is 7.16. The Hall–Kier alpha value is -0.830. The summed E-state index contributed by atoms with van der Waals surface area (Å²) in [5.74, 6) is 1.92. The van der Waals surface area contributed by atoms with E-state index < -0.39 is 0 Å². The first-order valence-electron chi connectivity index (χ1n) is 8.05. The second-order valence-corrected chi connectivity index (χ2v) is 6.92. The van der Waals surface area contributed by atoms with E-state index in [2.05, 4.69) is 45.4 Å². The molecule has 5 nitrogen and oxygen atoms in total. The Balaban J connectivity index is 0.00000288. The molecule has 0 radical (unpaired) electrons. The zero-order valence-electron chi connectivity index (χ0n) is 15.0. The second-order valence-electron chi connectivity index (χ2n) is 5.65. The van der Waals surface area contributed by atoms with E-state index in [4.69, 9.17) is 4.74 Å². The van der Waals surface area contributed by atoms with Crippen molar-refractivity contribution in [1.82, 2.24) is 10.2 Å². The summed E-state index contributed by atoms with van der Waals surface area (Å²) in [5.41, 5.74) is 1.25. The van der Waals surface area contributed by atoms with Gasteiger partial charge in [0.15, 0.2) is 5.96 Å². The van der Waals surface area contributed by atoms with Gasteiger partial charge < -0.3 is 19.9 Å². The fourth-order valence-corrected chi connectivity index (χ4v) is 2.87. The molecule has 1 fully saturated rings. The molecule has 7 heteroatoms. The standard InChI is InChI=1S/C17H28N4OS.HI/c1-14(23-4)13-19-17(18-2)21-11-9-20(10-12-21)15-5-7-16(22-3)8-6-15;/h5-8,14H,9-13H2,1-4H3,(H,18,19);1H. The highest BCUT2D eigenvalue weighted by atomic mass is 127. The number of guanidine groups is 1. The number of thioether (sulfide) groups is 1. The van der Waals surface area contributed by atoms with Crippen LogP contribution in [0.25, 0.3) is 0 Å². The van der Waals surface area contributed by atoms with Gasteiger partial charge >= 0.3 is 0 Å². The van der Waals surface area contributed by atoms with Gasteiger partial charge in [-0.25, -0.2) is 0 Å². The van der Waals surface area contributed by atoms with Crippen molar-refractivity contribution in [2.75, 3.05) is 58.0 Å². The Kier molecular flexibility index (Phi) is 9.65. The molecule has 1 aromatic carbocycles. The van der Waals surface area contributed by atoms with Crippen molar-refractivity contribution in [3.8, 4) is 5.75 Å². The SMILES string of the molecule is CN=C(NCC(C)SC)N1CCN(c2ccc(OC)cc2)CC1.I. The summed E-state index contributed by atoms with van der Waals surface area (Å²) in [6.07, 6.45) is 2.14. The average Bonchev–Trinajstić information content (AvgIpc) is 2.62. The number of halogens is 1. The Morgan fingerprint density at radius 2 is 1.88 bits per heavy atom. The van der Waals surface area contributed by atoms with Gasteiger partial charge in [0.1, 0.15) is 5.75 Å². The predicted molar refractivity (Wildman–Crippen MR) is 117 cm³/mol. The van der Waals surface area contributed by atoms with Crippen LogP contribution in [0.2, 0.25) is 0 Å². The molecule has 0 aliphatic carbocycles. The van der Waals surface area contributed by atoms with Crippen LogP contribution in [0.3, 0.4) is 0 Å². The van der Waals surface area contributed by atoms with Crippen LogP contribution < -0.4 is 15.0 Å². The van der Waals surface area contributed by atoms with Gasteiger partial charge in [0, 0.05) is 50.7 Å². The first-order chi connectivity index (χ1) is 11.2. The van der Waals surface area contributed by atoms with E-state index in [1.54, 1.807) is 7.11 Å². The summed E-state index contributed by atoms with van der Waals surface area (Å²) < 4.78 is 5.22. The maximum Gasteiger partial charge on any atom is 0.193 e. The molecule has 24 heavy (non-hydrogen) atoms. The Morgan fingerprint density at radius 1 is 1.25 bits per heavy atom. The number of aliphatic imine (C=N–C) groups is 1. The quantitative estimate of drug-likeness (QED) is 0.413. The molecule has 1 unspecified atom stereocenters. The third-order valence-electron chi connectivity index (χ3n) is 4.18. The lowest BCUT2D eigenvalue weighted by Gasteiger charge is -2.38. The third kappa shape index (κ3) is 5.91. The molecule has 0 spiro atoms. The molecule has 0 bridgehead atoms. The van der Waals surface area contributed by atoms with Crippen molar-refractivity contribution in [2.45, 2.75) is 12.2 Å². The molecule has 1 aliphatic rings. The van der Waals surface area contributed by atoms with Gasteiger partial charge in [-0.1, -0.05) is 6.92 Å². The Morgan fingerprint density at radius 3 is 2.38 bits per heavy atom. The lowest BCUT2D eigenvalue weighted by molar-refractivity contribution is 0.373. The molecule has 1 atom stereocenters. The van der Waals surface area contributed by atoms with E-state index in [0.29, 0.717) is 5.25 Å². The number of hydrogen-bond acceptors (Lipinski definition) is 4. The van der Waals surface area contributed by atoms with Crippen molar-refractivity contribution in [1.29, 1.82) is 0 Å². The molecule has 2 rings (SSSR count). The van der Waals surface area contributed by atoms with E-state index in [9.17, 15) is 0 Å². The molecule has 1 aromatic rings. The molecule has 1 saturated heterocycles. The Labute approximate surface area is 167 Å². The van der Waals surface area contributed by atoms with Gasteiger partial charge in [-0.05, 0) is 30.5 Å². The maximum atomic E-state index is 5.22. The van der Waals surface area contributed by atoms with Gasteiger partial charge in [0.05, 0.1) is 7.11 Å². The highest BCUT2D eigenvalue weighted by Gasteiger charge is 2.20. The minimum Gasteiger partial charge on any atom is -0.497 e. The minimum atomic E-state index is 0. The van der Waals surface area contributed by atoms with Gasteiger partial charge in [0.2, 0.25) is 0 Å². The van der Waals surface area contributed by atoms with Crippen LogP contribution in [-0.4, -0.2) is 69.2 Å². The van der Waals surface area contributed by atoms with E-state index in [1.807, 2.05) is 30.9 Å². The van der Waals surface area contributed by atoms with Gasteiger partial charge in [-0.3, -0.25) is 4.99 Å². The molecular weight excluding hydrogens is 435 g/mol. The molecule has 0 saturated carbocycles. The normalized spacial score (nSPS) is 16.4. The van der Waals surface area contributed by atoms with E-state index >= 15 is 0 Å². The van der Waals surface area contributed by atoms with Gasteiger partial charge in [-0.15, -0.1) is 24.0 Å². The number of nitrogens with zero attached hydrogens (tertiary/aromatic N) is 3. The summed E-state index contributed by atoms with van der Waals surface area (Å²) in [7, 11) is 3.56. The molecule has 1 aliphatic heterocycles. The zero-order valence-corrected chi connectivity index (χ0v) is 18.1. The lowest BCUT2D eigenvalue weighted by atomic mass is 10.2.